The molecule has 2 N–H and O–H groups in total. The molecular formula is C21H17NO. The van der Waals surface area contributed by atoms with E-state index in [0.29, 0.717) is 12.1 Å². The van der Waals surface area contributed by atoms with Crippen LogP contribution in [0.3, 0.4) is 0 Å². The standard InChI is InChI=1S/C21H17NO/c22-20-17-10-4-2-7-15(17)12-13-19(20)21(23)18-11-5-8-14-6-1-3-9-16(14)18/h1-11H,12-13,22H2. The average molecular weight is 299 g/mol. The number of aryl methyl sites for hydroxylation is 1. The molecule has 1 aliphatic carbocycles. The molecule has 1 aliphatic rings. The third-order valence-corrected chi connectivity index (χ3v) is 4.59. The molecule has 0 saturated carbocycles. The van der Waals surface area contributed by atoms with Gasteiger partial charge in [-0.05, 0) is 29.2 Å². The molecule has 0 heterocycles. The van der Waals surface area contributed by atoms with E-state index >= 15 is 0 Å². The number of ketones is 1. The van der Waals surface area contributed by atoms with Gasteiger partial charge in [0, 0.05) is 22.4 Å². The van der Waals surface area contributed by atoms with Crippen molar-refractivity contribution in [2.45, 2.75) is 12.8 Å². The molecule has 4 rings (SSSR count). The number of allylic oxidation sites excluding steroid dienone is 1. The lowest BCUT2D eigenvalue weighted by molar-refractivity contribution is 0.103. The number of hydrogen-bond donors (Lipinski definition) is 1. The summed E-state index contributed by atoms with van der Waals surface area (Å²) in [5, 5.41) is 2.06. The maximum absolute atomic E-state index is 13.1. The van der Waals surface area contributed by atoms with Crippen LogP contribution in [0.1, 0.15) is 27.9 Å². The summed E-state index contributed by atoms with van der Waals surface area (Å²) in [6, 6.07) is 21.9. The summed E-state index contributed by atoms with van der Waals surface area (Å²) in [5.41, 5.74) is 10.7. The molecule has 2 nitrogen and oxygen atoms in total. The Morgan fingerprint density at radius 2 is 1.57 bits per heavy atom. The summed E-state index contributed by atoms with van der Waals surface area (Å²) in [5.74, 6) is 0.0498. The summed E-state index contributed by atoms with van der Waals surface area (Å²) in [7, 11) is 0. The molecule has 0 fully saturated rings. The quantitative estimate of drug-likeness (QED) is 0.715. The fourth-order valence-corrected chi connectivity index (χ4v) is 3.38. The molecule has 0 spiro atoms. The Morgan fingerprint density at radius 1 is 0.826 bits per heavy atom. The molecule has 0 aromatic heterocycles. The molecule has 0 atom stereocenters. The summed E-state index contributed by atoms with van der Waals surface area (Å²) >= 11 is 0. The Balaban J connectivity index is 1.86. The third-order valence-electron chi connectivity index (χ3n) is 4.59. The molecule has 0 bridgehead atoms. The Morgan fingerprint density at radius 3 is 2.48 bits per heavy atom. The van der Waals surface area contributed by atoms with Gasteiger partial charge in [-0.25, -0.2) is 0 Å². The monoisotopic (exact) mass is 299 g/mol. The Bertz CT molecular complexity index is 947. The van der Waals surface area contributed by atoms with Crippen LogP contribution in [-0.4, -0.2) is 5.78 Å². The van der Waals surface area contributed by atoms with Gasteiger partial charge >= 0.3 is 0 Å². The molecule has 3 aromatic carbocycles. The Labute approximate surface area is 135 Å². The van der Waals surface area contributed by atoms with Crippen LogP contribution in [0.25, 0.3) is 16.5 Å². The Kier molecular flexibility index (Phi) is 3.23. The van der Waals surface area contributed by atoms with Crippen molar-refractivity contribution in [3.63, 3.8) is 0 Å². The van der Waals surface area contributed by atoms with Crippen LogP contribution in [0.5, 0.6) is 0 Å². The topological polar surface area (TPSA) is 43.1 Å². The van der Waals surface area contributed by atoms with Crippen molar-refractivity contribution in [2.24, 2.45) is 5.73 Å². The fourth-order valence-electron chi connectivity index (χ4n) is 3.38. The molecule has 0 amide bonds. The van der Waals surface area contributed by atoms with E-state index < -0.39 is 0 Å². The smallest absolute Gasteiger partial charge is 0.191 e. The zero-order chi connectivity index (χ0) is 15.8. The van der Waals surface area contributed by atoms with Crippen molar-refractivity contribution in [3.8, 4) is 0 Å². The maximum Gasteiger partial charge on any atom is 0.191 e. The lowest BCUT2D eigenvalue weighted by atomic mass is 9.85. The number of carbonyl (C=O) groups excluding carboxylic acids is 1. The number of rotatable bonds is 2. The minimum absolute atomic E-state index is 0.0498. The largest absolute Gasteiger partial charge is 0.398 e. The van der Waals surface area contributed by atoms with E-state index in [2.05, 4.69) is 6.07 Å². The van der Waals surface area contributed by atoms with Crippen LogP contribution >= 0.6 is 0 Å². The SMILES string of the molecule is NC1=C(C(=O)c2cccc3ccccc23)CCc2ccccc21. The van der Waals surface area contributed by atoms with Gasteiger partial charge < -0.3 is 5.73 Å². The van der Waals surface area contributed by atoms with Crippen molar-refractivity contribution in [1.82, 2.24) is 0 Å². The third kappa shape index (κ3) is 2.23. The van der Waals surface area contributed by atoms with Gasteiger partial charge in [-0.2, -0.15) is 0 Å². The van der Waals surface area contributed by atoms with Crippen LogP contribution in [0.15, 0.2) is 72.3 Å². The highest BCUT2D eigenvalue weighted by Gasteiger charge is 2.23. The molecule has 0 unspecified atom stereocenters. The van der Waals surface area contributed by atoms with Crippen LogP contribution in [-0.2, 0) is 6.42 Å². The molecule has 2 heteroatoms. The molecular weight excluding hydrogens is 282 g/mol. The summed E-state index contributed by atoms with van der Waals surface area (Å²) in [6.07, 6.45) is 1.56. The van der Waals surface area contributed by atoms with Gasteiger partial charge in [-0.3, -0.25) is 4.79 Å². The van der Waals surface area contributed by atoms with Crippen LogP contribution < -0.4 is 5.73 Å². The predicted octanol–water partition coefficient (Wildman–Crippen LogP) is 4.34. The number of benzene rings is 3. The first-order valence-electron chi connectivity index (χ1n) is 7.85. The van der Waals surface area contributed by atoms with E-state index in [9.17, 15) is 4.79 Å². The lowest BCUT2D eigenvalue weighted by Crippen LogP contribution is -2.17. The van der Waals surface area contributed by atoms with Gasteiger partial charge in [0.2, 0.25) is 0 Å². The van der Waals surface area contributed by atoms with E-state index in [1.54, 1.807) is 0 Å². The molecule has 112 valence electrons. The van der Waals surface area contributed by atoms with Crippen LogP contribution in [0.4, 0.5) is 0 Å². The number of fused-ring (bicyclic) bond motifs is 2. The van der Waals surface area contributed by atoms with Crippen molar-refractivity contribution in [3.05, 3.63) is 89.0 Å². The molecule has 3 aromatic rings. The zero-order valence-electron chi connectivity index (χ0n) is 12.8. The highest BCUT2D eigenvalue weighted by atomic mass is 16.1. The first kappa shape index (κ1) is 13.8. The molecule has 23 heavy (non-hydrogen) atoms. The Hall–Kier alpha value is -2.87. The van der Waals surface area contributed by atoms with E-state index in [1.165, 1.54) is 5.56 Å². The van der Waals surface area contributed by atoms with Gasteiger partial charge in [-0.15, -0.1) is 0 Å². The summed E-state index contributed by atoms with van der Waals surface area (Å²) in [4.78, 5) is 13.1. The fraction of sp³-hybridized carbons (Fsp3) is 0.0952. The van der Waals surface area contributed by atoms with E-state index in [0.717, 1.165) is 33.9 Å². The molecule has 0 aliphatic heterocycles. The summed E-state index contributed by atoms with van der Waals surface area (Å²) < 4.78 is 0. The first-order valence-corrected chi connectivity index (χ1v) is 7.85. The van der Waals surface area contributed by atoms with Crippen molar-refractivity contribution >= 4 is 22.3 Å². The zero-order valence-corrected chi connectivity index (χ0v) is 12.8. The second-order valence-corrected chi connectivity index (χ2v) is 5.91. The average Bonchev–Trinajstić information content (AvgIpc) is 2.61. The minimum atomic E-state index is 0.0498. The first-order chi connectivity index (χ1) is 11.3. The number of nitrogens with two attached hydrogens (primary N) is 1. The lowest BCUT2D eigenvalue weighted by Gasteiger charge is -2.20. The van der Waals surface area contributed by atoms with Gasteiger partial charge in [0.25, 0.3) is 0 Å². The number of hydrogen-bond acceptors (Lipinski definition) is 2. The second-order valence-electron chi connectivity index (χ2n) is 5.91. The van der Waals surface area contributed by atoms with E-state index in [1.807, 2.05) is 60.7 Å². The highest BCUT2D eigenvalue weighted by Crippen LogP contribution is 2.31. The van der Waals surface area contributed by atoms with Crippen LogP contribution in [0, 0.1) is 0 Å². The van der Waals surface area contributed by atoms with E-state index in [4.69, 9.17) is 5.73 Å². The predicted molar refractivity (Wildman–Crippen MR) is 94.1 cm³/mol. The van der Waals surface area contributed by atoms with Crippen molar-refractivity contribution in [1.29, 1.82) is 0 Å². The second kappa shape index (κ2) is 5.40. The summed E-state index contributed by atoms with van der Waals surface area (Å²) in [6.45, 7) is 0. The van der Waals surface area contributed by atoms with Gasteiger partial charge in [0.15, 0.2) is 5.78 Å². The van der Waals surface area contributed by atoms with Crippen LogP contribution in [0.2, 0.25) is 0 Å². The van der Waals surface area contributed by atoms with E-state index in [-0.39, 0.29) is 5.78 Å². The molecule has 0 radical (unpaired) electrons. The van der Waals surface area contributed by atoms with Crippen molar-refractivity contribution in [2.75, 3.05) is 0 Å². The van der Waals surface area contributed by atoms with Gasteiger partial charge in [0.05, 0.1) is 0 Å². The highest BCUT2D eigenvalue weighted by molar-refractivity contribution is 6.19. The van der Waals surface area contributed by atoms with Gasteiger partial charge in [0.1, 0.15) is 0 Å². The normalized spacial score (nSPS) is 13.9. The molecule has 0 saturated heterocycles. The number of Topliss-reactive ketones (excluding diaryl/α,β-unsaturated/α-hetero) is 1. The van der Waals surface area contributed by atoms with Crippen molar-refractivity contribution < 1.29 is 4.79 Å². The maximum atomic E-state index is 13.1. The minimum Gasteiger partial charge on any atom is -0.398 e. The number of carbonyl (C=O) groups is 1. The van der Waals surface area contributed by atoms with Gasteiger partial charge in [-0.1, -0.05) is 66.7 Å².